The van der Waals surface area contributed by atoms with Crippen molar-refractivity contribution in [2.24, 2.45) is 12.0 Å². The van der Waals surface area contributed by atoms with Crippen LogP contribution < -0.4 is 5.32 Å². The largest absolute Gasteiger partial charge is 0.353 e. The molecule has 6 heteroatoms. The van der Waals surface area contributed by atoms with Gasteiger partial charge in [-0.05, 0) is 30.3 Å². The minimum atomic E-state index is -0.336. The van der Waals surface area contributed by atoms with Crippen LogP contribution in [0, 0.1) is 17.1 Å². The number of nitrogens with zero attached hydrogens (tertiary/aromatic N) is 4. The molecule has 0 atom stereocenters. The average molecular weight is 313 g/mol. The molecule has 23 heavy (non-hydrogen) atoms. The summed E-state index contributed by atoms with van der Waals surface area (Å²) in [5.41, 5.74) is 2.03. The number of nitrogens with one attached hydrogen (secondary N) is 1. The lowest BCUT2D eigenvalue weighted by Gasteiger charge is -2.22. The molecule has 0 radical (unpaired) electrons. The van der Waals surface area contributed by atoms with E-state index in [0.717, 1.165) is 5.69 Å². The summed E-state index contributed by atoms with van der Waals surface area (Å²) < 4.78 is 15.9. The van der Waals surface area contributed by atoms with Crippen LogP contribution in [0.15, 0.2) is 41.5 Å². The highest BCUT2D eigenvalue weighted by Gasteiger charge is 2.10. The van der Waals surface area contributed by atoms with Gasteiger partial charge in [-0.15, -0.1) is 0 Å². The first-order valence-corrected chi connectivity index (χ1v) is 7.25. The second-order valence-electron chi connectivity index (χ2n) is 5.29. The Morgan fingerprint density at radius 1 is 1.43 bits per heavy atom. The van der Waals surface area contributed by atoms with Crippen LogP contribution in [-0.2, 0) is 20.1 Å². The Kier molecular flexibility index (Phi) is 5.36. The van der Waals surface area contributed by atoms with Crippen molar-refractivity contribution in [3.05, 3.63) is 59.2 Å². The summed E-state index contributed by atoms with van der Waals surface area (Å²) in [7, 11) is 5.60. The van der Waals surface area contributed by atoms with Gasteiger partial charge in [-0.25, -0.2) is 4.39 Å². The van der Waals surface area contributed by atoms with Gasteiger partial charge >= 0.3 is 0 Å². The van der Waals surface area contributed by atoms with Crippen molar-refractivity contribution < 1.29 is 4.39 Å². The predicted molar refractivity (Wildman–Crippen MR) is 88.2 cm³/mol. The summed E-state index contributed by atoms with van der Waals surface area (Å²) in [6.45, 7) is 0.954. The van der Waals surface area contributed by atoms with E-state index in [0.29, 0.717) is 23.6 Å². The lowest BCUT2D eigenvalue weighted by molar-refractivity contribution is 0.460. The molecule has 0 fully saturated rings. The smallest absolute Gasteiger partial charge is 0.194 e. The van der Waals surface area contributed by atoms with Crippen molar-refractivity contribution in [3.8, 4) is 6.07 Å². The van der Waals surface area contributed by atoms with Crippen molar-refractivity contribution in [2.75, 3.05) is 14.1 Å². The topological polar surface area (TPSA) is 56.4 Å². The van der Waals surface area contributed by atoms with Crippen molar-refractivity contribution in [1.82, 2.24) is 14.8 Å². The van der Waals surface area contributed by atoms with Gasteiger partial charge in [0.05, 0.1) is 18.2 Å². The third-order valence-corrected chi connectivity index (χ3v) is 3.64. The van der Waals surface area contributed by atoms with Gasteiger partial charge in [-0.2, -0.15) is 5.26 Å². The lowest BCUT2D eigenvalue weighted by Crippen LogP contribution is -2.38. The van der Waals surface area contributed by atoms with Crippen molar-refractivity contribution >= 4 is 5.96 Å². The minimum absolute atomic E-state index is 0.269. The van der Waals surface area contributed by atoms with Crippen molar-refractivity contribution in [1.29, 1.82) is 5.26 Å². The lowest BCUT2D eigenvalue weighted by atomic mass is 10.1. The standard InChI is InChI=1S/C17H20FN5/c1-20-17(23(3)12-15-5-4-8-22(15)2)21-11-14-9-13(10-19)6-7-16(14)18/h4-9H,11-12H2,1-3H3,(H,20,21). The maximum Gasteiger partial charge on any atom is 0.194 e. The molecular weight excluding hydrogens is 293 g/mol. The van der Waals surface area contributed by atoms with Crippen LogP contribution in [0.25, 0.3) is 0 Å². The molecule has 0 aliphatic rings. The number of aryl methyl sites for hydroxylation is 1. The Morgan fingerprint density at radius 2 is 2.22 bits per heavy atom. The second kappa shape index (κ2) is 7.45. The molecule has 0 aliphatic carbocycles. The summed E-state index contributed by atoms with van der Waals surface area (Å²) in [5.74, 6) is 0.324. The molecule has 0 saturated heterocycles. The van der Waals surface area contributed by atoms with Gasteiger partial charge in [-0.1, -0.05) is 0 Å². The molecule has 120 valence electrons. The van der Waals surface area contributed by atoms with Gasteiger partial charge in [0, 0.05) is 45.1 Å². The van der Waals surface area contributed by atoms with Crippen LogP contribution in [0.5, 0.6) is 0 Å². The molecule has 0 saturated carbocycles. The van der Waals surface area contributed by atoms with Gasteiger partial charge in [-0.3, -0.25) is 4.99 Å². The number of rotatable bonds is 4. The quantitative estimate of drug-likeness (QED) is 0.696. The highest BCUT2D eigenvalue weighted by Crippen LogP contribution is 2.10. The molecular formula is C17H20FN5. The number of nitriles is 1. The molecule has 2 rings (SSSR count). The monoisotopic (exact) mass is 313 g/mol. The molecule has 0 amide bonds. The fourth-order valence-corrected chi connectivity index (χ4v) is 2.32. The molecule has 0 aliphatic heterocycles. The first-order chi connectivity index (χ1) is 11.0. The summed E-state index contributed by atoms with van der Waals surface area (Å²) >= 11 is 0. The van der Waals surface area contributed by atoms with Crippen LogP contribution in [0.1, 0.15) is 16.8 Å². The van der Waals surface area contributed by atoms with E-state index < -0.39 is 0 Å². The SMILES string of the molecule is CN=C(NCc1cc(C#N)ccc1F)N(C)Cc1cccn1C. The maximum absolute atomic E-state index is 13.8. The highest BCUT2D eigenvalue weighted by molar-refractivity contribution is 5.79. The number of aliphatic imine (C=N–C) groups is 1. The van der Waals surface area contributed by atoms with E-state index in [9.17, 15) is 4.39 Å². The van der Waals surface area contributed by atoms with E-state index in [2.05, 4.69) is 10.3 Å². The van der Waals surface area contributed by atoms with E-state index in [1.54, 1.807) is 13.1 Å². The van der Waals surface area contributed by atoms with Crippen molar-refractivity contribution in [2.45, 2.75) is 13.1 Å². The van der Waals surface area contributed by atoms with Crippen LogP contribution in [-0.4, -0.2) is 29.5 Å². The first kappa shape index (κ1) is 16.6. The number of hydrogen-bond donors (Lipinski definition) is 1. The fraction of sp³-hybridized carbons (Fsp3) is 0.294. The number of benzene rings is 1. The van der Waals surface area contributed by atoms with E-state index >= 15 is 0 Å². The molecule has 0 bridgehead atoms. The number of halogens is 1. The zero-order chi connectivity index (χ0) is 16.8. The molecule has 1 aromatic heterocycles. The highest BCUT2D eigenvalue weighted by atomic mass is 19.1. The molecule has 5 nitrogen and oxygen atoms in total. The Labute approximate surface area is 135 Å². The molecule has 2 aromatic rings. The third kappa shape index (κ3) is 4.10. The van der Waals surface area contributed by atoms with Crippen LogP contribution in [0.2, 0.25) is 0 Å². The van der Waals surface area contributed by atoms with Gasteiger partial charge < -0.3 is 14.8 Å². The van der Waals surface area contributed by atoms with E-state index in [-0.39, 0.29) is 12.4 Å². The number of guanidine groups is 1. The summed E-state index contributed by atoms with van der Waals surface area (Å²) in [5, 5.41) is 12.0. The zero-order valence-corrected chi connectivity index (χ0v) is 13.5. The fourth-order valence-electron chi connectivity index (χ4n) is 2.32. The predicted octanol–water partition coefficient (Wildman–Crippen LogP) is 2.24. The minimum Gasteiger partial charge on any atom is -0.353 e. The average Bonchev–Trinajstić information content (AvgIpc) is 2.94. The van der Waals surface area contributed by atoms with Crippen LogP contribution in [0.4, 0.5) is 4.39 Å². The summed E-state index contributed by atoms with van der Waals surface area (Å²) in [6.07, 6.45) is 1.99. The molecule has 1 N–H and O–H groups in total. The molecule has 0 spiro atoms. The van der Waals surface area contributed by atoms with E-state index in [4.69, 9.17) is 5.26 Å². The Hall–Kier alpha value is -2.81. The maximum atomic E-state index is 13.8. The Balaban J connectivity index is 2.03. The third-order valence-electron chi connectivity index (χ3n) is 3.64. The first-order valence-electron chi connectivity index (χ1n) is 7.25. The van der Waals surface area contributed by atoms with Gasteiger partial charge in [0.2, 0.25) is 0 Å². The summed E-state index contributed by atoms with van der Waals surface area (Å²) in [4.78, 5) is 6.18. The van der Waals surface area contributed by atoms with Gasteiger partial charge in [0.25, 0.3) is 0 Å². The van der Waals surface area contributed by atoms with E-state index in [1.807, 2.05) is 48.0 Å². The van der Waals surface area contributed by atoms with Crippen molar-refractivity contribution in [3.63, 3.8) is 0 Å². The van der Waals surface area contributed by atoms with Gasteiger partial charge in [0.1, 0.15) is 5.82 Å². The Bertz CT molecular complexity index is 742. The molecule has 0 unspecified atom stereocenters. The molecule has 1 aromatic carbocycles. The van der Waals surface area contributed by atoms with E-state index in [1.165, 1.54) is 12.1 Å². The van der Waals surface area contributed by atoms with Gasteiger partial charge in [0.15, 0.2) is 5.96 Å². The number of hydrogen-bond acceptors (Lipinski definition) is 2. The second-order valence-corrected chi connectivity index (χ2v) is 5.29. The molecule has 1 heterocycles. The summed E-state index contributed by atoms with van der Waals surface area (Å²) in [6, 6.07) is 10.4. The van der Waals surface area contributed by atoms with Crippen LogP contribution >= 0.6 is 0 Å². The Morgan fingerprint density at radius 3 is 2.83 bits per heavy atom. The zero-order valence-electron chi connectivity index (χ0n) is 13.5. The number of aromatic nitrogens is 1. The van der Waals surface area contributed by atoms with Crippen LogP contribution in [0.3, 0.4) is 0 Å². The normalized spacial score (nSPS) is 11.2.